The Labute approximate surface area is 95.4 Å². The minimum atomic E-state index is -0.00892. The van der Waals surface area contributed by atoms with E-state index >= 15 is 0 Å². The number of anilines is 2. The van der Waals surface area contributed by atoms with Crippen molar-refractivity contribution in [2.24, 2.45) is 0 Å². The van der Waals surface area contributed by atoms with Crippen LogP contribution >= 0.6 is 0 Å². The van der Waals surface area contributed by atoms with Crippen LogP contribution in [-0.2, 0) is 6.42 Å². The fraction of sp³-hybridized carbons (Fsp3) is 0.417. The molecule has 4 heteroatoms. The molecule has 1 heterocycles. The molecule has 1 aliphatic rings. The Morgan fingerprint density at radius 3 is 3.12 bits per heavy atom. The Hall–Kier alpha value is -1.71. The highest BCUT2D eigenvalue weighted by Crippen LogP contribution is 2.29. The number of fused-ring (bicyclic) bond motifs is 1. The Balaban J connectivity index is 2.14. The topological polar surface area (TPSA) is 58.4 Å². The van der Waals surface area contributed by atoms with E-state index in [0.29, 0.717) is 0 Å². The summed E-state index contributed by atoms with van der Waals surface area (Å²) in [5.74, 6) is 0. The number of amides is 2. The molecule has 0 aliphatic carbocycles. The molecule has 16 heavy (non-hydrogen) atoms. The fourth-order valence-electron chi connectivity index (χ4n) is 1.96. The summed E-state index contributed by atoms with van der Waals surface area (Å²) in [5.41, 5.74) is 8.62. The normalized spacial score (nSPS) is 13.7. The predicted molar refractivity (Wildman–Crippen MR) is 65.6 cm³/mol. The summed E-state index contributed by atoms with van der Waals surface area (Å²) in [6.45, 7) is 3.51. The molecule has 0 radical (unpaired) electrons. The smallest absolute Gasteiger partial charge is 0.321 e. The van der Waals surface area contributed by atoms with Gasteiger partial charge in [-0.1, -0.05) is 6.92 Å². The van der Waals surface area contributed by atoms with Crippen LogP contribution in [0.1, 0.15) is 18.9 Å². The molecule has 2 amide bonds. The quantitative estimate of drug-likeness (QED) is 0.744. The average Bonchev–Trinajstić information content (AvgIpc) is 2.68. The summed E-state index contributed by atoms with van der Waals surface area (Å²) < 4.78 is 0. The number of urea groups is 1. The molecule has 0 bridgehead atoms. The number of nitrogens with two attached hydrogens (primary N) is 1. The number of benzene rings is 1. The number of hydrogen-bond acceptors (Lipinski definition) is 2. The third kappa shape index (κ3) is 1.96. The maximum absolute atomic E-state index is 11.8. The number of nitrogens with zero attached hydrogens (tertiary/aromatic N) is 1. The van der Waals surface area contributed by atoms with Crippen LogP contribution in [0, 0.1) is 0 Å². The van der Waals surface area contributed by atoms with E-state index in [4.69, 9.17) is 5.73 Å². The first kappa shape index (κ1) is 10.8. The van der Waals surface area contributed by atoms with E-state index in [1.54, 1.807) is 4.90 Å². The maximum atomic E-state index is 11.8. The van der Waals surface area contributed by atoms with Gasteiger partial charge in [-0.3, -0.25) is 4.90 Å². The number of carbonyl (C=O) groups is 1. The van der Waals surface area contributed by atoms with Crippen molar-refractivity contribution in [2.45, 2.75) is 19.8 Å². The zero-order valence-corrected chi connectivity index (χ0v) is 9.49. The van der Waals surface area contributed by atoms with Crippen LogP contribution < -0.4 is 16.0 Å². The minimum Gasteiger partial charge on any atom is -0.399 e. The van der Waals surface area contributed by atoms with Crippen molar-refractivity contribution in [3.8, 4) is 0 Å². The monoisotopic (exact) mass is 219 g/mol. The molecular weight excluding hydrogens is 202 g/mol. The highest BCUT2D eigenvalue weighted by atomic mass is 16.2. The summed E-state index contributed by atoms with van der Waals surface area (Å²) in [7, 11) is 0. The van der Waals surface area contributed by atoms with Crippen LogP contribution in [0.3, 0.4) is 0 Å². The van der Waals surface area contributed by atoms with Crippen molar-refractivity contribution >= 4 is 17.4 Å². The third-order valence-electron chi connectivity index (χ3n) is 2.77. The lowest BCUT2D eigenvalue weighted by Crippen LogP contribution is -2.39. The van der Waals surface area contributed by atoms with Gasteiger partial charge in [0.1, 0.15) is 0 Å². The predicted octanol–water partition coefficient (Wildman–Crippen LogP) is 1.75. The Kier molecular flexibility index (Phi) is 2.99. The second-order valence-corrected chi connectivity index (χ2v) is 4.02. The van der Waals surface area contributed by atoms with Crippen molar-refractivity contribution in [3.63, 3.8) is 0 Å². The van der Waals surface area contributed by atoms with E-state index in [1.165, 1.54) is 0 Å². The van der Waals surface area contributed by atoms with E-state index in [1.807, 2.05) is 25.1 Å². The van der Waals surface area contributed by atoms with Gasteiger partial charge in [-0.05, 0) is 36.6 Å². The van der Waals surface area contributed by atoms with Crippen LogP contribution in [0.15, 0.2) is 18.2 Å². The van der Waals surface area contributed by atoms with Crippen molar-refractivity contribution in [3.05, 3.63) is 23.8 Å². The molecule has 1 aromatic carbocycles. The second-order valence-electron chi connectivity index (χ2n) is 4.02. The summed E-state index contributed by atoms with van der Waals surface area (Å²) in [6.07, 6.45) is 1.84. The van der Waals surface area contributed by atoms with Crippen LogP contribution in [0.5, 0.6) is 0 Å². The highest BCUT2D eigenvalue weighted by Gasteiger charge is 2.23. The summed E-state index contributed by atoms with van der Waals surface area (Å²) >= 11 is 0. The molecule has 3 N–H and O–H groups in total. The van der Waals surface area contributed by atoms with E-state index in [0.717, 1.165) is 42.9 Å². The Bertz CT molecular complexity index is 403. The molecule has 4 nitrogen and oxygen atoms in total. The number of nitrogen functional groups attached to an aromatic ring is 1. The summed E-state index contributed by atoms with van der Waals surface area (Å²) in [4.78, 5) is 13.6. The molecule has 0 fully saturated rings. The molecule has 0 unspecified atom stereocenters. The number of carbonyl (C=O) groups excluding carboxylic acids is 1. The van der Waals surface area contributed by atoms with Crippen LogP contribution in [0.2, 0.25) is 0 Å². The SMILES string of the molecule is CCCNC(=O)N1CCc2cc(N)ccc21. The van der Waals surface area contributed by atoms with Gasteiger partial charge in [-0.25, -0.2) is 4.79 Å². The minimum absolute atomic E-state index is 0.00892. The zero-order valence-electron chi connectivity index (χ0n) is 9.49. The first-order chi connectivity index (χ1) is 7.72. The lowest BCUT2D eigenvalue weighted by Gasteiger charge is -2.17. The molecule has 0 aromatic heterocycles. The summed E-state index contributed by atoms with van der Waals surface area (Å²) in [5, 5.41) is 2.89. The van der Waals surface area contributed by atoms with E-state index < -0.39 is 0 Å². The van der Waals surface area contributed by atoms with E-state index in [-0.39, 0.29) is 6.03 Å². The van der Waals surface area contributed by atoms with Gasteiger partial charge in [-0.2, -0.15) is 0 Å². The number of rotatable bonds is 2. The Morgan fingerprint density at radius 2 is 2.38 bits per heavy atom. The van der Waals surface area contributed by atoms with Gasteiger partial charge in [0.2, 0.25) is 0 Å². The molecule has 1 aromatic rings. The maximum Gasteiger partial charge on any atom is 0.321 e. The van der Waals surface area contributed by atoms with Crippen LogP contribution in [0.25, 0.3) is 0 Å². The Morgan fingerprint density at radius 1 is 1.56 bits per heavy atom. The zero-order chi connectivity index (χ0) is 11.5. The van der Waals surface area contributed by atoms with Gasteiger partial charge >= 0.3 is 6.03 Å². The van der Waals surface area contributed by atoms with Crippen LogP contribution in [0.4, 0.5) is 16.2 Å². The first-order valence-electron chi connectivity index (χ1n) is 5.66. The van der Waals surface area contributed by atoms with Gasteiger partial charge in [0.15, 0.2) is 0 Å². The summed E-state index contributed by atoms with van der Waals surface area (Å²) in [6, 6.07) is 5.70. The molecular formula is C12H17N3O. The van der Waals surface area contributed by atoms with Crippen LogP contribution in [-0.4, -0.2) is 19.1 Å². The molecule has 0 atom stereocenters. The van der Waals surface area contributed by atoms with Gasteiger partial charge in [0, 0.05) is 24.5 Å². The number of hydrogen-bond donors (Lipinski definition) is 2. The molecule has 0 saturated carbocycles. The standard InChI is InChI=1S/C12H17N3O/c1-2-6-14-12(16)15-7-5-9-8-10(13)3-4-11(9)15/h3-4,8H,2,5-7,13H2,1H3,(H,14,16). The van der Waals surface area contributed by atoms with E-state index in [9.17, 15) is 4.79 Å². The van der Waals surface area contributed by atoms with Gasteiger partial charge in [0.25, 0.3) is 0 Å². The van der Waals surface area contributed by atoms with Crippen molar-refractivity contribution in [1.82, 2.24) is 5.32 Å². The lowest BCUT2D eigenvalue weighted by atomic mass is 10.1. The van der Waals surface area contributed by atoms with Gasteiger partial charge in [0.05, 0.1) is 0 Å². The van der Waals surface area contributed by atoms with Gasteiger partial charge < -0.3 is 11.1 Å². The largest absolute Gasteiger partial charge is 0.399 e. The van der Waals surface area contributed by atoms with Crippen molar-refractivity contribution in [2.75, 3.05) is 23.7 Å². The van der Waals surface area contributed by atoms with Crippen molar-refractivity contribution < 1.29 is 4.79 Å². The molecule has 2 rings (SSSR count). The van der Waals surface area contributed by atoms with Gasteiger partial charge in [-0.15, -0.1) is 0 Å². The molecule has 86 valence electrons. The van der Waals surface area contributed by atoms with Crippen molar-refractivity contribution in [1.29, 1.82) is 0 Å². The highest BCUT2D eigenvalue weighted by molar-refractivity contribution is 5.94. The first-order valence-corrected chi connectivity index (χ1v) is 5.66. The second kappa shape index (κ2) is 4.43. The molecule has 0 saturated heterocycles. The molecule has 1 aliphatic heterocycles. The number of nitrogens with one attached hydrogen (secondary N) is 1. The third-order valence-corrected chi connectivity index (χ3v) is 2.77. The fourth-order valence-corrected chi connectivity index (χ4v) is 1.96. The van der Waals surface area contributed by atoms with E-state index in [2.05, 4.69) is 5.32 Å². The molecule has 0 spiro atoms. The lowest BCUT2D eigenvalue weighted by molar-refractivity contribution is 0.247. The average molecular weight is 219 g/mol.